The Balaban J connectivity index is 2.01. The molecule has 0 saturated heterocycles. The molecule has 96 valence electrons. The zero-order valence-electron chi connectivity index (χ0n) is 10.3. The van der Waals surface area contributed by atoms with Gasteiger partial charge < -0.3 is 5.32 Å². The van der Waals surface area contributed by atoms with Gasteiger partial charge >= 0.3 is 0 Å². The third-order valence-electron chi connectivity index (χ3n) is 3.57. The Hall–Kier alpha value is -2.36. The highest BCUT2D eigenvalue weighted by atomic mass is 16.6. The average molecular weight is 254 g/mol. The number of hydrogen-bond acceptors (Lipinski definition) is 3. The fraction of sp³-hybridized carbons (Fsp3) is 0.200. The minimum absolute atomic E-state index is 0.180. The van der Waals surface area contributed by atoms with Crippen LogP contribution in [-0.4, -0.2) is 11.0 Å². The van der Waals surface area contributed by atoms with E-state index in [-0.39, 0.29) is 11.0 Å². The van der Waals surface area contributed by atoms with Gasteiger partial charge in [0.25, 0.3) is 0 Å². The molecule has 3 rings (SSSR count). The maximum absolute atomic E-state index is 11.3. The van der Waals surface area contributed by atoms with E-state index >= 15 is 0 Å². The van der Waals surface area contributed by atoms with Crippen molar-refractivity contribution in [2.24, 2.45) is 0 Å². The Morgan fingerprint density at radius 2 is 1.74 bits per heavy atom. The number of para-hydroxylation sites is 1. The second-order valence-corrected chi connectivity index (χ2v) is 4.75. The van der Waals surface area contributed by atoms with Gasteiger partial charge in [0, 0.05) is 17.0 Å². The molecule has 0 spiro atoms. The van der Waals surface area contributed by atoms with Crippen LogP contribution in [0.3, 0.4) is 0 Å². The summed E-state index contributed by atoms with van der Waals surface area (Å²) in [6.07, 6.45) is 0.468. The monoisotopic (exact) mass is 254 g/mol. The van der Waals surface area contributed by atoms with Gasteiger partial charge in [-0.2, -0.15) is 0 Å². The molecule has 2 aromatic carbocycles. The normalized spacial score (nSPS) is 21.3. The van der Waals surface area contributed by atoms with Crippen LogP contribution in [0.25, 0.3) is 0 Å². The van der Waals surface area contributed by atoms with E-state index in [2.05, 4.69) is 5.32 Å². The molecule has 0 unspecified atom stereocenters. The maximum Gasteiger partial charge on any atom is 0.241 e. The van der Waals surface area contributed by atoms with Crippen molar-refractivity contribution >= 4 is 5.69 Å². The lowest BCUT2D eigenvalue weighted by atomic mass is 9.89. The molecule has 4 heteroatoms. The van der Waals surface area contributed by atoms with Gasteiger partial charge in [0.1, 0.15) is 6.04 Å². The van der Waals surface area contributed by atoms with Gasteiger partial charge in [0.05, 0.1) is 0 Å². The number of nitrogens with one attached hydrogen (secondary N) is 1. The molecule has 0 fully saturated rings. The number of nitro groups is 1. The zero-order valence-corrected chi connectivity index (χ0v) is 10.3. The van der Waals surface area contributed by atoms with Crippen molar-refractivity contribution in [1.82, 2.24) is 0 Å². The number of fused-ring (bicyclic) bond motifs is 1. The van der Waals surface area contributed by atoms with E-state index in [1.807, 2.05) is 54.6 Å². The van der Waals surface area contributed by atoms with Crippen LogP contribution in [0.1, 0.15) is 17.2 Å². The van der Waals surface area contributed by atoms with Gasteiger partial charge in [0.2, 0.25) is 6.04 Å². The summed E-state index contributed by atoms with van der Waals surface area (Å²) in [5.41, 5.74) is 2.96. The Kier molecular flexibility index (Phi) is 2.91. The highest BCUT2D eigenvalue weighted by molar-refractivity contribution is 5.55. The van der Waals surface area contributed by atoms with Crippen LogP contribution in [0.4, 0.5) is 5.69 Å². The fourth-order valence-corrected chi connectivity index (χ4v) is 2.61. The van der Waals surface area contributed by atoms with E-state index in [1.165, 1.54) is 0 Å². The standard InChI is InChI=1S/C15H14N2O2/c18-17(19)14-10-12-8-4-5-9-13(12)16-15(14)11-6-2-1-3-7-11/h1-9,14-16H,10H2/t14-,15-/m1/s1. The number of nitrogens with zero attached hydrogens (tertiary/aromatic N) is 1. The molecule has 2 atom stereocenters. The highest BCUT2D eigenvalue weighted by Crippen LogP contribution is 2.33. The lowest BCUT2D eigenvalue weighted by Gasteiger charge is -2.29. The molecule has 0 saturated carbocycles. The zero-order chi connectivity index (χ0) is 13.2. The molecule has 1 aliphatic heterocycles. The molecule has 0 aromatic heterocycles. The number of benzene rings is 2. The van der Waals surface area contributed by atoms with E-state index < -0.39 is 6.04 Å². The number of hydrogen-bond donors (Lipinski definition) is 1. The number of rotatable bonds is 2. The van der Waals surface area contributed by atoms with Crippen molar-refractivity contribution in [3.8, 4) is 0 Å². The Bertz CT molecular complexity index is 598. The Labute approximate surface area is 111 Å². The van der Waals surface area contributed by atoms with Crippen LogP contribution in [0.5, 0.6) is 0 Å². The van der Waals surface area contributed by atoms with Crippen LogP contribution < -0.4 is 5.32 Å². The smallest absolute Gasteiger partial charge is 0.241 e. The summed E-state index contributed by atoms with van der Waals surface area (Å²) in [6.45, 7) is 0. The lowest BCUT2D eigenvalue weighted by molar-refractivity contribution is -0.525. The van der Waals surface area contributed by atoms with Crippen molar-refractivity contribution in [3.63, 3.8) is 0 Å². The first kappa shape index (κ1) is 11.7. The molecular weight excluding hydrogens is 240 g/mol. The van der Waals surface area contributed by atoms with Gasteiger partial charge in [0.15, 0.2) is 0 Å². The van der Waals surface area contributed by atoms with Gasteiger partial charge in [-0.3, -0.25) is 10.1 Å². The molecule has 1 N–H and O–H groups in total. The van der Waals surface area contributed by atoms with Crippen LogP contribution in [0.15, 0.2) is 54.6 Å². The van der Waals surface area contributed by atoms with Crippen molar-refractivity contribution < 1.29 is 4.92 Å². The van der Waals surface area contributed by atoms with E-state index in [0.29, 0.717) is 6.42 Å². The molecule has 19 heavy (non-hydrogen) atoms. The molecule has 0 radical (unpaired) electrons. The molecule has 2 aromatic rings. The van der Waals surface area contributed by atoms with Crippen LogP contribution >= 0.6 is 0 Å². The first-order chi connectivity index (χ1) is 9.25. The average Bonchev–Trinajstić information content (AvgIpc) is 2.46. The van der Waals surface area contributed by atoms with Crippen molar-refractivity contribution in [2.45, 2.75) is 18.5 Å². The predicted octanol–water partition coefficient (Wildman–Crippen LogP) is 3.04. The Morgan fingerprint density at radius 1 is 1.05 bits per heavy atom. The van der Waals surface area contributed by atoms with Crippen LogP contribution in [0, 0.1) is 10.1 Å². The van der Waals surface area contributed by atoms with E-state index in [9.17, 15) is 10.1 Å². The van der Waals surface area contributed by atoms with Crippen LogP contribution in [0.2, 0.25) is 0 Å². The second-order valence-electron chi connectivity index (χ2n) is 4.75. The molecule has 4 nitrogen and oxygen atoms in total. The SMILES string of the molecule is O=[N+]([O-])[C@@H]1Cc2ccccc2N[C@@H]1c1ccccc1. The maximum atomic E-state index is 11.3. The highest BCUT2D eigenvalue weighted by Gasteiger charge is 2.37. The molecule has 0 aliphatic carbocycles. The molecule has 0 amide bonds. The van der Waals surface area contributed by atoms with E-state index in [1.54, 1.807) is 0 Å². The van der Waals surface area contributed by atoms with Gasteiger partial charge in [-0.1, -0.05) is 48.5 Å². The minimum Gasteiger partial charge on any atom is -0.372 e. The first-order valence-corrected chi connectivity index (χ1v) is 6.28. The summed E-state index contributed by atoms with van der Waals surface area (Å²) >= 11 is 0. The van der Waals surface area contributed by atoms with Crippen molar-refractivity contribution in [3.05, 3.63) is 75.8 Å². The number of anilines is 1. The largest absolute Gasteiger partial charge is 0.372 e. The van der Waals surface area contributed by atoms with Crippen LogP contribution in [-0.2, 0) is 6.42 Å². The van der Waals surface area contributed by atoms with E-state index in [4.69, 9.17) is 0 Å². The summed E-state index contributed by atoms with van der Waals surface area (Å²) in [4.78, 5) is 11.1. The Morgan fingerprint density at radius 3 is 2.47 bits per heavy atom. The van der Waals surface area contributed by atoms with E-state index in [0.717, 1.165) is 16.8 Å². The van der Waals surface area contributed by atoms with Crippen molar-refractivity contribution in [2.75, 3.05) is 5.32 Å². The quantitative estimate of drug-likeness (QED) is 0.662. The van der Waals surface area contributed by atoms with Gasteiger partial charge in [-0.25, -0.2) is 0 Å². The van der Waals surface area contributed by atoms with Gasteiger partial charge in [-0.05, 0) is 17.2 Å². The minimum atomic E-state index is -0.628. The van der Waals surface area contributed by atoms with Crippen molar-refractivity contribution in [1.29, 1.82) is 0 Å². The first-order valence-electron chi connectivity index (χ1n) is 6.28. The third-order valence-corrected chi connectivity index (χ3v) is 3.57. The molecular formula is C15H14N2O2. The predicted molar refractivity (Wildman–Crippen MR) is 73.7 cm³/mol. The molecule has 0 bridgehead atoms. The third kappa shape index (κ3) is 2.17. The summed E-state index contributed by atoms with van der Waals surface area (Å²) in [5, 5.41) is 14.6. The fourth-order valence-electron chi connectivity index (χ4n) is 2.61. The van der Waals surface area contributed by atoms with Gasteiger partial charge in [-0.15, -0.1) is 0 Å². The topological polar surface area (TPSA) is 55.2 Å². The lowest BCUT2D eigenvalue weighted by Crippen LogP contribution is -2.38. The molecule has 1 heterocycles. The summed E-state index contributed by atoms with van der Waals surface area (Å²) in [5.74, 6) is 0. The summed E-state index contributed by atoms with van der Waals surface area (Å²) < 4.78 is 0. The summed E-state index contributed by atoms with van der Waals surface area (Å²) in [7, 11) is 0. The molecule has 1 aliphatic rings. The summed E-state index contributed by atoms with van der Waals surface area (Å²) in [6, 6.07) is 16.5. The second kappa shape index (κ2) is 4.72.